The molecule has 5 heteroatoms. The van der Waals surface area contributed by atoms with Crippen LogP contribution in [0.5, 0.6) is 0 Å². The van der Waals surface area contributed by atoms with Gasteiger partial charge in [-0.2, -0.15) is 0 Å². The molecule has 2 rings (SSSR count). The molecule has 1 fully saturated rings. The summed E-state index contributed by atoms with van der Waals surface area (Å²) in [4.78, 5) is 16.8. The van der Waals surface area contributed by atoms with Crippen molar-refractivity contribution in [2.24, 2.45) is 0 Å². The SMILES string of the molecule is O=C(CCN1CCCN(CCO)CC1)c1cccc(Br)c1. The van der Waals surface area contributed by atoms with Gasteiger partial charge in [0.15, 0.2) is 5.78 Å². The van der Waals surface area contributed by atoms with Gasteiger partial charge >= 0.3 is 0 Å². The van der Waals surface area contributed by atoms with E-state index in [0.717, 1.165) is 55.7 Å². The first-order valence-electron chi connectivity index (χ1n) is 7.53. The maximum Gasteiger partial charge on any atom is 0.164 e. The Morgan fingerprint density at radius 1 is 1.14 bits per heavy atom. The van der Waals surface area contributed by atoms with Crippen molar-refractivity contribution in [1.82, 2.24) is 9.80 Å². The third-order valence-electron chi connectivity index (χ3n) is 3.90. The summed E-state index contributed by atoms with van der Waals surface area (Å²) in [7, 11) is 0. The molecule has 0 unspecified atom stereocenters. The molecule has 0 saturated carbocycles. The lowest BCUT2D eigenvalue weighted by Crippen LogP contribution is -2.33. The van der Waals surface area contributed by atoms with Crippen LogP contribution in [0.15, 0.2) is 28.7 Å². The normalized spacial score (nSPS) is 17.6. The third kappa shape index (κ3) is 5.51. The summed E-state index contributed by atoms with van der Waals surface area (Å²) in [6, 6.07) is 7.59. The van der Waals surface area contributed by atoms with Crippen molar-refractivity contribution in [3.63, 3.8) is 0 Å². The van der Waals surface area contributed by atoms with Crippen molar-refractivity contribution in [3.8, 4) is 0 Å². The number of aliphatic hydroxyl groups excluding tert-OH is 1. The maximum absolute atomic E-state index is 12.2. The summed E-state index contributed by atoms with van der Waals surface area (Å²) in [6.45, 7) is 5.83. The van der Waals surface area contributed by atoms with Crippen LogP contribution in [0, 0.1) is 0 Å². The van der Waals surface area contributed by atoms with Crippen LogP contribution >= 0.6 is 15.9 Å². The number of nitrogens with zero attached hydrogens (tertiary/aromatic N) is 2. The van der Waals surface area contributed by atoms with E-state index in [1.54, 1.807) is 0 Å². The summed E-state index contributed by atoms with van der Waals surface area (Å²) in [5.74, 6) is 0.202. The number of ketones is 1. The number of halogens is 1. The fraction of sp³-hybridized carbons (Fsp3) is 0.562. The highest BCUT2D eigenvalue weighted by atomic mass is 79.9. The number of β-amino-alcohol motifs (C(OH)–C–C–N with tert-alkyl or cyclic N) is 1. The van der Waals surface area contributed by atoms with Crippen molar-refractivity contribution in [2.45, 2.75) is 12.8 Å². The second-order valence-corrected chi connectivity index (χ2v) is 6.36. The second-order valence-electron chi connectivity index (χ2n) is 5.44. The minimum absolute atomic E-state index is 0.202. The molecular formula is C16H23BrN2O2. The van der Waals surface area contributed by atoms with Crippen LogP contribution in [0.4, 0.5) is 0 Å². The Morgan fingerprint density at radius 2 is 1.86 bits per heavy atom. The van der Waals surface area contributed by atoms with Crippen LogP contribution in [0.1, 0.15) is 23.2 Å². The lowest BCUT2D eigenvalue weighted by Gasteiger charge is -2.20. The molecule has 0 aromatic heterocycles. The van der Waals surface area contributed by atoms with Crippen LogP contribution in [-0.2, 0) is 0 Å². The Hall–Kier alpha value is -0.750. The molecule has 1 aliphatic heterocycles. The quantitative estimate of drug-likeness (QED) is 0.793. The van der Waals surface area contributed by atoms with Gasteiger partial charge in [-0.3, -0.25) is 9.69 Å². The number of hydrogen-bond donors (Lipinski definition) is 1. The average molecular weight is 355 g/mol. The van der Waals surface area contributed by atoms with Gasteiger partial charge in [0, 0.05) is 42.6 Å². The monoisotopic (exact) mass is 354 g/mol. The standard InChI is InChI=1S/C16H23BrN2O2/c17-15-4-1-3-14(13-15)16(21)5-8-18-6-2-7-19(10-9-18)11-12-20/h1,3-4,13,20H,2,5-12H2. The predicted molar refractivity (Wildman–Crippen MR) is 87.7 cm³/mol. The number of benzene rings is 1. The Bertz CT molecular complexity index is 467. The van der Waals surface area contributed by atoms with Crippen LogP contribution in [0.3, 0.4) is 0 Å². The van der Waals surface area contributed by atoms with E-state index in [2.05, 4.69) is 25.7 Å². The molecule has 0 radical (unpaired) electrons. The Labute approximate surface area is 134 Å². The van der Waals surface area contributed by atoms with E-state index in [-0.39, 0.29) is 12.4 Å². The van der Waals surface area contributed by atoms with Gasteiger partial charge in [0.05, 0.1) is 6.61 Å². The first-order chi connectivity index (χ1) is 10.2. The van der Waals surface area contributed by atoms with Crippen molar-refractivity contribution < 1.29 is 9.90 Å². The van der Waals surface area contributed by atoms with Gasteiger partial charge in [-0.05, 0) is 31.6 Å². The molecule has 1 aromatic carbocycles. The first kappa shape index (κ1) is 16.6. The zero-order valence-corrected chi connectivity index (χ0v) is 13.9. The molecule has 1 heterocycles. The summed E-state index contributed by atoms with van der Waals surface area (Å²) >= 11 is 3.40. The average Bonchev–Trinajstić information content (AvgIpc) is 2.71. The number of carbonyl (C=O) groups excluding carboxylic acids is 1. The molecule has 1 N–H and O–H groups in total. The van der Waals surface area contributed by atoms with Gasteiger partial charge < -0.3 is 10.0 Å². The molecule has 1 saturated heterocycles. The largest absolute Gasteiger partial charge is 0.395 e. The maximum atomic E-state index is 12.2. The zero-order valence-electron chi connectivity index (χ0n) is 12.3. The molecule has 0 atom stereocenters. The van der Waals surface area contributed by atoms with Gasteiger partial charge in [-0.25, -0.2) is 0 Å². The topological polar surface area (TPSA) is 43.8 Å². The number of rotatable bonds is 6. The summed E-state index contributed by atoms with van der Waals surface area (Å²) in [6.07, 6.45) is 1.67. The lowest BCUT2D eigenvalue weighted by molar-refractivity contribution is 0.0964. The molecule has 0 aliphatic carbocycles. The molecule has 1 aromatic rings. The third-order valence-corrected chi connectivity index (χ3v) is 4.39. The minimum atomic E-state index is 0.202. The molecule has 1 aliphatic rings. The Morgan fingerprint density at radius 3 is 2.52 bits per heavy atom. The van der Waals surface area contributed by atoms with E-state index in [4.69, 9.17) is 5.11 Å². The fourth-order valence-electron chi connectivity index (χ4n) is 2.68. The van der Waals surface area contributed by atoms with Gasteiger partial charge in [0.1, 0.15) is 0 Å². The zero-order chi connectivity index (χ0) is 15.1. The van der Waals surface area contributed by atoms with E-state index >= 15 is 0 Å². The van der Waals surface area contributed by atoms with E-state index in [1.807, 2.05) is 24.3 Å². The second kappa shape index (κ2) is 8.63. The lowest BCUT2D eigenvalue weighted by atomic mass is 10.1. The Balaban J connectivity index is 1.79. The van der Waals surface area contributed by atoms with Crippen LogP contribution in [-0.4, -0.2) is 66.6 Å². The summed E-state index contributed by atoms with van der Waals surface area (Å²) in [5, 5.41) is 9.00. The highest BCUT2D eigenvalue weighted by Crippen LogP contribution is 2.13. The van der Waals surface area contributed by atoms with E-state index in [0.29, 0.717) is 6.42 Å². The minimum Gasteiger partial charge on any atom is -0.395 e. The van der Waals surface area contributed by atoms with Crippen molar-refractivity contribution in [2.75, 3.05) is 45.9 Å². The molecule has 116 valence electrons. The molecule has 21 heavy (non-hydrogen) atoms. The van der Waals surface area contributed by atoms with E-state index < -0.39 is 0 Å². The first-order valence-corrected chi connectivity index (χ1v) is 8.32. The number of Topliss-reactive ketones (excluding diaryl/α,β-unsaturated/α-hetero) is 1. The van der Waals surface area contributed by atoms with Gasteiger partial charge in [0.25, 0.3) is 0 Å². The summed E-state index contributed by atoms with van der Waals surface area (Å²) < 4.78 is 0.947. The number of aliphatic hydroxyl groups is 1. The van der Waals surface area contributed by atoms with Crippen LogP contribution < -0.4 is 0 Å². The van der Waals surface area contributed by atoms with Crippen LogP contribution in [0.2, 0.25) is 0 Å². The van der Waals surface area contributed by atoms with E-state index in [9.17, 15) is 4.79 Å². The summed E-state index contributed by atoms with van der Waals surface area (Å²) in [5.41, 5.74) is 0.779. The van der Waals surface area contributed by atoms with Crippen molar-refractivity contribution in [1.29, 1.82) is 0 Å². The highest BCUT2D eigenvalue weighted by molar-refractivity contribution is 9.10. The predicted octanol–water partition coefficient (Wildman–Crippen LogP) is 2.02. The fourth-order valence-corrected chi connectivity index (χ4v) is 3.08. The Kier molecular flexibility index (Phi) is 6.83. The molecule has 0 spiro atoms. The molecule has 0 amide bonds. The molecule has 4 nitrogen and oxygen atoms in total. The van der Waals surface area contributed by atoms with Crippen LogP contribution in [0.25, 0.3) is 0 Å². The molecule has 0 bridgehead atoms. The highest BCUT2D eigenvalue weighted by Gasteiger charge is 2.15. The van der Waals surface area contributed by atoms with Crippen molar-refractivity contribution >= 4 is 21.7 Å². The van der Waals surface area contributed by atoms with Crippen molar-refractivity contribution in [3.05, 3.63) is 34.3 Å². The van der Waals surface area contributed by atoms with E-state index in [1.165, 1.54) is 0 Å². The van der Waals surface area contributed by atoms with Gasteiger partial charge in [-0.15, -0.1) is 0 Å². The number of carbonyl (C=O) groups is 1. The van der Waals surface area contributed by atoms with Gasteiger partial charge in [-0.1, -0.05) is 28.1 Å². The number of hydrogen-bond acceptors (Lipinski definition) is 4. The molecular weight excluding hydrogens is 332 g/mol. The smallest absolute Gasteiger partial charge is 0.164 e. The van der Waals surface area contributed by atoms with Gasteiger partial charge in [0.2, 0.25) is 0 Å².